The first kappa shape index (κ1) is 18.9. The first-order valence-corrected chi connectivity index (χ1v) is 9.77. The number of nitrogens with zero attached hydrogens (tertiary/aromatic N) is 1. The van der Waals surface area contributed by atoms with E-state index in [9.17, 15) is 17.2 Å². The number of hydrogen-bond acceptors (Lipinski definition) is 4. The van der Waals surface area contributed by atoms with Crippen LogP contribution >= 0.6 is 0 Å². The summed E-state index contributed by atoms with van der Waals surface area (Å²) < 4.78 is 59.9. The van der Waals surface area contributed by atoms with Gasteiger partial charge in [0.15, 0.2) is 0 Å². The SMILES string of the molecule is O=S(=O)(NC[C@@H](c1ccc(F)cc1)N1CCOCC1)c1ccccc1F. The van der Waals surface area contributed by atoms with Crippen molar-refractivity contribution in [2.24, 2.45) is 0 Å². The van der Waals surface area contributed by atoms with Crippen molar-refractivity contribution in [1.82, 2.24) is 9.62 Å². The smallest absolute Gasteiger partial charge is 0.243 e. The van der Waals surface area contributed by atoms with Gasteiger partial charge in [0, 0.05) is 25.7 Å². The van der Waals surface area contributed by atoms with Gasteiger partial charge in [-0.05, 0) is 29.8 Å². The molecule has 0 radical (unpaired) electrons. The molecule has 0 aliphatic carbocycles. The lowest BCUT2D eigenvalue weighted by Crippen LogP contribution is -2.43. The van der Waals surface area contributed by atoms with Crippen LogP contribution in [0.5, 0.6) is 0 Å². The van der Waals surface area contributed by atoms with Crippen LogP contribution in [0.3, 0.4) is 0 Å². The third kappa shape index (κ3) is 4.45. The van der Waals surface area contributed by atoms with Gasteiger partial charge in [-0.15, -0.1) is 0 Å². The van der Waals surface area contributed by atoms with Crippen LogP contribution in [0, 0.1) is 11.6 Å². The lowest BCUT2D eigenvalue weighted by atomic mass is 10.0. The second-order valence-corrected chi connectivity index (χ2v) is 7.73. The van der Waals surface area contributed by atoms with Crippen molar-refractivity contribution in [3.05, 3.63) is 65.7 Å². The summed E-state index contributed by atoms with van der Waals surface area (Å²) in [4.78, 5) is 1.68. The Kier molecular flexibility index (Phi) is 5.98. The first-order chi connectivity index (χ1) is 12.5. The fourth-order valence-electron chi connectivity index (χ4n) is 2.96. The minimum Gasteiger partial charge on any atom is -0.379 e. The summed E-state index contributed by atoms with van der Waals surface area (Å²) in [5.74, 6) is -1.16. The molecule has 26 heavy (non-hydrogen) atoms. The molecule has 3 rings (SSSR count). The highest BCUT2D eigenvalue weighted by Gasteiger charge is 2.26. The number of halogens is 2. The average Bonchev–Trinajstić information content (AvgIpc) is 2.64. The van der Waals surface area contributed by atoms with E-state index in [0.717, 1.165) is 11.6 Å². The van der Waals surface area contributed by atoms with Gasteiger partial charge in [-0.2, -0.15) is 0 Å². The largest absolute Gasteiger partial charge is 0.379 e. The lowest BCUT2D eigenvalue weighted by Gasteiger charge is -2.34. The Morgan fingerprint density at radius 2 is 1.69 bits per heavy atom. The zero-order valence-corrected chi connectivity index (χ0v) is 14.9. The Morgan fingerprint density at radius 3 is 2.35 bits per heavy atom. The molecule has 1 fully saturated rings. The molecule has 0 aromatic heterocycles. The predicted molar refractivity (Wildman–Crippen MR) is 93.1 cm³/mol. The van der Waals surface area contributed by atoms with Gasteiger partial charge in [-0.1, -0.05) is 24.3 Å². The molecular formula is C18H20F2N2O3S. The minimum atomic E-state index is -4.00. The van der Waals surface area contributed by atoms with Gasteiger partial charge in [0.05, 0.1) is 13.2 Å². The van der Waals surface area contributed by atoms with Crippen LogP contribution in [0.4, 0.5) is 8.78 Å². The van der Waals surface area contributed by atoms with Gasteiger partial charge in [0.25, 0.3) is 0 Å². The van der Waals surface area contributed by atoms with Crippen molar-refractivity contribution in [3.8, 4) is 0 Å². The highest BCUT2D eigenvalue weighted by atomic mass is 32.2. The fourth-order valence-corrected chi connectivity index (χ4v) is 4.08. The Labute approximate surface area is 151 Å². The summed E-state index contributed by atoms with van der Waals surface area (Å²) in [6.45, 7) is 2.38. The Hall–Kier alpha value is -1.87. The second-order valence-electron chi connectivity index (χ2n) is 6.00. The molecule has 0 unspecified atom stereocenters. The van der Waals surface area contributed by atoms with E-state index in [0.29, 0.717) is 26.3 Å². The first-order valence-electron chi connectivity index (χ1n) is 8.29. The summed E-state index contributed by atoms with van der Waals surface area (Å²) in [5, 5.41) is 0. The van der Waals surface area contributed by atoms with Crippen LogP contribution in [0.15, 0.2) is 53.4 Å². The number of rotatable bonds is 6. The maximum atomic E-state index is 13.8. The van der Waals surface area contributed by atoms with E-state index in [1.54, 1.807) is 12.1 Å². The Bertz CT molecular complexity index is 838. The summed E-state index contributed by atoms with van der Waals surface area (Å²) in [6, 6.07) is 10.9. The average molecular weight is 382 g/mol. The van der Waals surface area contributed by atoms with Crippen LogP contribution in [-0.2, 0) is 14.8 Å². The number of sulfonamides is 1. The fraction of sp³-hybridized carbons (Fsp3) is 0.333. The molecule has 1 heterocycles. The summed E-state index contributed by atoms with van der Waals surface area (Å²) in [5.41, 5.74) is 0.782. The van der Waals surface area contributed by atoms with E-state index in [1.807, 2.05) is 0 Å². The van der Waals surface area contributed by atoms with E-state index in [1.165, 1.54) is 30.3 Å². The van der Waals surface area contributed by atoms with Gasteiger partial charge in [-0.3, -0.25) is 4.90 Å². The van der Waals surface area contributed by atoms with Crippen LogP contribution < -0.4 is 4.72 Å². The number of hydrogen-bond donors (Lipinski definition) is 1. The standard InChI is InChI=1S/C18H20F2N2O3S/c19-15-7-5-14(6-8-15)17(22-9-11-25-12-10-22)13-21-26(23,24)18-4-2-1-3-16(18)20/h1-8,17,21H,9-13H2/t17-/m0/s1. The van der Waals surface area contributed by atoms with E-state index < -0.39 is 15.8 Å². The third-order valence-electron chi connectivity index (χ3n) is 4.33. The molecule has 1 aliphatic rings. The number of benzene rings is 2. The van der Waals surface area contributed by atoms with Crippen molar-refractivity contribution < 1.29 is 21.9 Å². The highest BCUT2D eigenvalue weighted by Crippen LogP contribution is 2.23. The molecule has 2 aromatic rings. The molecule has 0 saturated carbocycles. The van der Waals surface area contributed by atoms with E-state index in [4.69, 9.17) is 4.74 Å². The molecule has 0 amide bonds. The van der Waals surface area contributed by atoms with Crippen LogP contribution in [-0.4, -0.2) is 46.2 Å². The van der Waals surface area contributed by atoms with Gasteiger partial charge in [0.2, 0.25) is 10.0 Å². The molecule has 2 aromatic carbocycles. The van der Waals surface area contributed by atoms with E-state index in [2.05, 4.69) is 9.62 Å². The molecule has 1 saturated heterocycles. The van der Waals surface area contributed by atoms with Crippen molar-refractivity contribution in [3.63, 3.8) is 0 Å². The molecular weight excluding hydrogens is 362 g/mol. The van der Waals surface area contributed by atoms with Crippen LogP contribution in [0.25, 0.3) is 0 Å². The summed E-state index contributed by atoms with van der Waals surface area (Å²) in [6.07, 6.45) is 0. The maximum absolute atomic E-state index is 13.8. The van der Waals surface area contributed by atoms with Crippen LogP contribution in [0.1, 0.15) is 11.6 Å². The minimum absolute atomic E-state index is 0.0439. The van der Waals surface area contributed by atoms with Gasteiger partial charge in [0.1, 0.15) is 16.5 Å². The predicted octanol–water partition coefficient (Wildman–Crippen LogP) is 2.32. The maximum Gasteiger partial charge on any atom is 0.243 e. The molecule has 0 spiro atoms. The lowest BCUT2D eigenvalue weighted by molar-refractivity contribution is 0.0172. The third-order valence-corrected chi connectivity index (χ3v) is 5.79. The van der Waals surface area contributed by atoms with Crippen LogP contribution in [0.2, 0.25) is 0 Å². The molecule has 0 bridgehead atoms. The quantitative estimate of drug-likeness (QED) is 0.833. The second kappa shape index (κ2) is 8.22. The monoisotopic (exact) mass is 382 g/mol. The Morgan fingerprint density at radius 1 is 1.04 bits per heavy atom. The molecule has 1 N–H and O–H groups in total. The zero-order valence-electron chi connectivity index (χ0n) is 14.1. The van der Waals surface area contributed by atoms with Crippen molar-refractivity contribution in [2.75, 3.05) is 32.8 Å². The zero-order chi connectivity index (χ0) is 18.6. The van der Waals surface area contributed by atoms with E-state index >= 15 is 0 Å². The number of ether oxygens (including phenoxy) is 1. The van der Waals surface area contributed by atoms with Gasteiger partial charge in [-0.25, -0.2) is 21.9 Å². The van der Waals surface area contributed by atoms with Gasteiger partial charge < -0.3 is 4.74 Å². The highest BCUT2D eigenvalue weighted by molar-refractivity contribution is 7.89. The number of morpholine rings is 1. The van der Waals surface area contributed by atoms with Crippen molar-refractivity contribution in [1.29, 1.82) is 0 Å². The Balaban J connectivity index is 1.81. The molecule has 5 nitrogen and oxygen atoms in total. The van der Waals surface area contributed by atoms with Crippen molar-refractivity contribution in [2.45, 2.75) is 10.9 Å². The molecule has 8 heteroatoms. The topological polar surface area (TPSA) is 58.6 Å². The molecule has 1 aliphatic heterocycles. The normalized spacial score (nSPS) is 17.2. The summed E-state index contributed by atoms with van der Waals surface area (Å²) >= 11 is 0. The number of nitrogens with one attached hydrogen (secondary N) is 1. The van der Waals surface area contributed by atoms with E-state index in [-0.39, 0.29) is 23.3 Å². The molecule has 1 atom stereocenters. The summed E-state index contributed by atoms with van der Waals surface area (Å²) in [7, 11) is -4.00. The van der Waals surface area contributed by atoms with Crippen molar-refractivity contribution >= 4 is 10.0 Å². The van der Waals surface area contributed by atoms with Gasteiger partial charge >= 0.3 is 0 Å². The molecule has 140 valence electrons.